The molecule has 1 aromatic rings. The van der Waals surface area contributed by atoms with Gasteiger partial charge >= 0.3 is 0 Å². The fourth-order valence-corrected chi connectivity index (χ4v) is 2.99. The van der Waals surface area contributed by atoms with Crippen LogP contribution in [0.25, 0.3) is 0 Å². The normalized spacial score (nSPS) is 17.6. The zero-order valence-corrected chi connectivity index (χ0v) is 11.8. The molecular formula is C17H27N. The van der Waals surface area contributed by atoms with Crippen molar-refractivity contribution in [2.45, 2.75) is 51.9 Å². The molecule has 0 heterocycles. The molecule has 1 saturated carbocycles. The van der Waals surface area contributed by atoms with Gasteiger partial charge in [-0.05, 0) is 56.3 Å². The van der Waals surface area contributed by atoms with Gasteiger partial charge in [0, 0.05) is 0 Å². The van der Waals surface area contributed by atoms with E-state index in [9.17, 15) is 0 Å². The van der Waals surface area contributed by atoms with Crippen LogP contribution in [0.2, 0.25) is 0 Å². The lowest BCUT2D eigenvalue weighted by Crippen LogP contribution is -2.24. The monoisotopic (exact) mass is 245 g/mol. The van der Waals surface area contributed by atoms with E-state index in [0.717, 1.165) is 12.5 Å². The van der Waals surface area contributed by atoms with Gasteiger partial charge < -0.3 is 5.32 Å². The average molecular weight is 245 g/mol. The molecule has 0 bridgehead atoms. The van der Waals surface area contributed by atoms with Crippen molar-refractivity contribution in [1.82, 2.24) is 5.32 Å². The lowest BCUT2D eigenvalue weighted by molar-refractivity contribution is 0.427. The summed E-state index contributed by atoms with van der Waals surface area (Å²) in [7, 11) is 0. The minimum Gasteiger partial charge on any atom is -0.316 e. The Morgan fingerprint density at radius 2 is 1.78 bits per heavy atom. The topological polar surface area (TPSA) is 12.0 Å². The molecule has 2 rings (SSSR count). The predicted molar refractivity (Wildman–Crippen MR) is 78.9 cm³/mol. The fraction of sp³-hybridized carbons (Fsp3) is 0.647. The van der Waals surface area contributed by atoms with Crippen LogP contribution >= 0.6 is 0 Å². The highest BCUT2D eigenvalue weighted by Gasteiger charge is 2.11. The molecule has 1 fully saturated rings. The summed E-state index contributed by atoms with van der Waals surface area (Å²) >= 11 is 0. The first kappa shape index (κ1) is 13.6. The van der Waals surface area contributed by atoms with Crippen LogP contribution in [-0.4, -0.2) is 13.1 Å². The van der Waals surface area contributed by atoms with Gasteiger partial charge in [-0.25, -0.2) is 0 Å². The Balaban J connectivity index is 1.65. The molecule has 0 atom stereocenters. The molecule has 1 N–H and O–H groups in total. The number of nitrogens with one attached hydrogen (secondary N) is 1. The van der Waals surface area contributed by atoms with E-state index in [1.165, 1.54) is 62.6 Å². The Morgan fingerprint density at radius 1 is 1.06 bits per heavy atom. The number of hydrogen-bond acceptors (Lipinski definition) is 1. The van der Waals surface area contributed by atoms with Crippen LogP contribution in [-0.2, 0) is 6.42 Å². The molecule has 0 radical (unpaired) electrons. The molecule has 1 nitrogen and oxygen atoms in total. The van der Waals surface area contributed by atoms with E-state index < -0.39 is 0 Å². The third-order valence-corrected chi connectivity index (χ3v) is 4.24. The number of hydrogen-bond donors (Lipinski definition) is 1. The third-order valence-electron chi connectivity index (χ3n) is 4.24. The van der Waals surface area contributed by atoms with Crippen molar-refractivity contribution in [2.75, 3.05) is 13.1 Å². The molecule has 100 valence electrons. The van der Waals surface area contributed by atoms with Crippen molar-refractivity contribution < 1.29 is 0 Å². The second-order valence-corrected chi connectivity index (χ2v) is 5.74. The second-order valence-electron chi connectivity index (χ2n) is 5.74. The summed E-state index contributed by atoms with van der Waals surface area (Å²) in [6.07, 6.45) is 9.86. The summed E-state index contributed by atoms with van der Waals surface area (Å²) in [6, 6.07) is 8.73. The van der Waals surface area contributed by atoms with Gasteiger partial charge in [-0.1, -0.05) is 49.9 Å². The van der Waals surface area contributed by atoms with Gasteiger partial charge in [0.15, 0.2) is 0 Å². The zero-order chi connectivity index (χ0) is 12.6. The van der Waals surface area contributed by atoms with Crippen molar-refractivity contribution in [3.63, 3.8) is 0 Å². The summed E-state index contributed by atoms with van der Waals surface area (Å²) < 4.78 is 0. The van der Waals surface area contributed by atoms with Crippen molar-refractivity contribution in [3.8, 4) is 0 Å². The highest BCUT2D eigenvalue weighted by molar-refractivity contribution is 5.25. The van der Waals surface area contributed by atoms with Crippen LogP contribution in [0, 0.1) is 12.8 Å². The molecule has 0 aromatic heterocycles. The first-order valence-corrected chi connectivity index (χ1v) is 7.61. The van der Waals surface area contributed by atoms with E-state index in [1.807, 2.05) is 0 Å². The predicted octanol–water partition coefficient (Wildman–Crippen LogP) is 4.10. The minimum absolute atomic E-state index is 0.935. The summed E-state index contributed by atoms with van der Waals surface area (Å²) in [5.74, 6) is 0.935. The molecule has 18 heavy (non-hydrogen) atoms. The largest absolute Gasteiger partial charge is 0.316 e. The van der Waals surface area contributed by atoms with E-state index in [-0.39, 0.29) is 0 Å². The van der Waals surface area contributed by atoms with Crippen LogP contribution in [0.5, 0.6) is 0 Å². The maximum atomic E-state index is 3.66. The summed E-state index contributed by atoms with van der Waals surface area (Å²) in [6.45, 7) is 4.56. The lowest BCUT2D eigenvalue weighted by atomic mass is 10.0. The van der Waals surface area contributed by atoms with E-state index in [0.29, 0.717) is 0 Å². The summed E-state index contributed by atoms with van der Waals surface area (Å²) in [5.41, 5.74) is 2.92. The molecule has 0 unspecified atom stereocenters. The fourth-order valence-electron chi connectivity index (χ4n) is 2.99. The van der Waals surface area contributed by atoms with Crippen LogP contribution in [0.15, 0.2) is 24.3 Å². The first-order chi connectivity index (χ1) is 8.86. The standard InChI is InChI=1S/C17H27N/c1-15-8-6-7-11-17(15)12-13-18-14-16-9-4-2-3-5-10-16/h6-8,11,16,18H,2-5,9-10,12-14H2,1H3. The second kappa shape index (κ2) is 7.58. The Morgan fingerprint density at radius 3 is 2.50 bits per heavy atom. The number of rotatable bonds is 5. The van der Waals surface area contributed by atoms with E-state index in [1.54, 1.807) is 0 Å². The highest BCUT2D eigenvalue weighted by Crippen LogP contribution is 2.22. The Labute approximate surface area is 112 Å². The molecule has 1 aromatic carbocycles. The van der Waals surface area contributed by atoms with Crippen LogP contribution < -0.4 is 5.32 Å². The van der Waals surface area contributed by atoms with Gasteiger partial charge in [-0.15, -0.1) is 0 Å². The molecule has 1 aliphatic rings. The first-order valence-electron chi connectivity index (χ1n) is 7.61. The van der Waals surface area contributed by atoms with Crippen molar-refractivity contribution in [3.05, 3.63) is 35.4 Å². The quantitative estimate of drug-likeness (QED) is 0.608. The van der Waals surface area contributed by atoms with Crippen molar-refractivity contribution >= 4 is 0 Å². The van der Waals surface area contributed by atoms with Gasteiger partial charge in [0.05, 0.1) is 0 Å². The van der Waals surface area contributed by atoms with Crippen LogP contribution in [0.4, 0.5) is 0 Å². The molecule has 0 amide bonds. The summed E-state index contributed by atoms with van der Waals surface area (Å²) in [4.78, 5) is 0. The highest BCUT2D eigenvalue weighted by atomic mass is 14.9. The van der Waals surface area contributed by atoms with Gasteiger partial charge in [-0.2, -0.15) is 0 Å². The van der Waals surface area contributed by atoms with Gasteiger partial charge in [-0.3, -0.25) is 0 Å². The van der Waals surface area contributed by atoms with Crippen molar-refractivity contribution in [1.29, 1.82) is 0 Å². The number of aryl methyl sites for hydroxylation is 1. The van der Waals surface area contributed by atoms with Gasteiger partial charge in [0.1, 0.15) is 0 Å². The lowest BCUT2D eigenvalue weighted by Gasteiger charge is -2.15. The smallest absolute Gasteiger partial charge is 0.000814 e. The minimum atomic E-state index is 0.935. The molecule has 0 aliphatic heterocycles. The van der Waals surface area contributed by atoms with Gasteiger partial charge in [0.25, 0.3) is 0 Å². The van der Waals surface area contributed by atoms with E-state index in [4.69, 9.17) is 0 Å². The number of benzene rings is 1. The third kappa shape index (κ3) is 4.45. The average Bonchev–Trinajstić information content (AvgIpc) is 2.65. The van der Waals surface area contributed by atoms with Crippen molar-refractivity contribution in [2.24, 2.45) is 5.92 Å². The van der Waals surface area contributed by atoms with Gasteiger partial charge in [0.2, 0.25) is 0 Å². The van der Waals surface area contributed by atoms with Crippen LogP contribution in [0.3, 0.4) is 0 Å². The van der Waals surface area contributed by atoms with E-state index >= 15 is 0 Å². The van der Waals surface area contributed by atoms with E-state index in [2.05, 4.69) is 36.5 Å². The van der Waals surface area contributed by atoms with Crippen LogP contribution in [0.1, 0.15) is 49.7 Å². The SMILES string of the molecule is Cc1ccccc1CCNCC1CCCCCC1. The Kier molecular flexibility index (Phi) is 5.73. The Hall–Kier alpha value is -0.820. The molecule has 1 aliphatic carbocycles. The molecule has 0 saturated heterocycles. The zero-order valence-electron chi connectivity index (χ0n) is 11.8. The maximum absolute atomic E-state index is 3.66. The Bertz CT molecular complexity index is 337. The molecular weight excluding hydrogens is 218 g/mol. The summed E-state index contributed by atoms with van der Waals surface area (Å²) in [5, 5.41) is 3.66. The maximum Gasteiger partial charge on any atom is -0.000814 e. The molecule has 1 heteroatoms. The molecule has 0 spiro atoms.